The zero-order valence-electron chi connectivity index (χ0n) is 18.7. The molecule has 8 nitrogen and oxygen atoms in total. The highest BCUT2D eigenvalue weighted by Gasteiger charge is 2.11. The average Bonchev–Trinajstić information content (AvgIpc) is 3.21. The highest BCUT2D eigenvalue weighted by atomic mass is 16.1. The fourth-order valence-electron chi connectivity index (χ4n) is 2.98. The minimum atomic E-state index is -0.208. The molecule has 0 aliphatic rings. The number of nitrogens with one attached hydrogen (secondary N) is 1. The van der Waals surface area contributed by atoms with Gasteiger partial charge in [-0.2, -0.15) is 0 Å². The van der Waals surface area contributed by atoms with E-state index in [1.54, 1.807) is 0 Å². The zero-order chi connectivity index (χ0) is 21.9. The maximum atomic E-state index is 12.4. The molecule has 3 rings (SSSR count). The molecule has 1 aromatic carbocycles. The summed E-state index contributed by atoms with van der Waals surface area (Å²) in [7, 11) is 0. The first kappa shape index (κ1) is 23.4. The van der Waals surface area contributed by atoms with Gasteiger partial charge in [0.2, 0.25) is 0 Å². The minimum Gasteiger partial charge on any atom is -0.349 e. The number of nitrogens with zero attached hydrogens (tertiary/aromatic N) is 6. The van der Waals surface area contributed by atoms with Gasteiger partial charge in [0.25, 0.3) is 5.91 Å². The fourth-order valence-corrected chi connectivity index (χ4v) is 2.98. The molecule has 0 unspecified atom stereocenters. The number of hydrogen-bond donors (Lipinski definition) is 1. The van der Waals surface area contributed by atoms with Crippen molar-refractivity contribution in [1.82, 2.24) is 35.2 Å². The van der Waals surface area contributed by atoms with E-state index in [-0.39, 0.29) is 5.91 Å². The van der Waals surface area contributed by atoms with E-state index >= 15 is 0 Å². The average molecular weight is 412 g/mol. The Bertz CT molecular complexity index is 938. The lowest BCUT2D eigenvalue weighted by Gasteiger charge is -2.19. The number of aromatic nitrogens is 5. The lowest BCUT2D eigenvalue weighted by Crippen LogP contribution is -2.35. The number of benzene rings is 1. The number of amides is 1. The number of fused-ring (bicyclic) bond motifs is 1. The molecule has 8 heteroatoms. The maximum absolute atomic E-state index is 12.4. The van der Waals surface area contributed by atoms with Gasteiger partial charge in [-0.05, 0) is 37.6 Å². The van der Waals surface area contributed by atoms with Gasteiger partial charge >= 0.3 is 0 Å². The van der Waals surface area contributed by atoms with E-state index in [4.69, 9.17) is 0 Å². The molecule has 0 aliphatic carbocycles. The Morgan fingerprint density at radius 2 is 2.00 bits per heavy atom. The van der Waals surface area contributed by atoms with Crippen molar-refractivity contribution in [2.45, 2.75) is 54.1 Å². The third-order valence-electron chi connectivity index (χ3n) is 4.52. The Balaban J connectivity index is 0.00000155. The molecule has 0 aliphatic heterocycles. The van der Waals surface area contributed by atoms with Crippen LogP contribution in [0.15, 0.2) is 30.6 Å². The number of carbonyl (C=O) groups is 1. The van der Waals surface area contributed by atoms with Gasteiger partial charge in [0.1, 0.15) is 5.69 Å². The van der Waals surface area contributed by atoms with E-state index in [1.807, 2.05) is 49.8 Å². The molecule has 1 amide bonds. The Morgan fingerprint density at radius 3 is 2.73 bits per heavy atom. The van der Waals surface area contributed by atoms with Crippen LogP contribution in [0.3, 0.4) is 0 Å². The second-order valence-corrected chi connectivity index (χ2v) is 6.85. The molecule has 3 aromatic rings. The van der Waals surface area contributed by atoms with Crippen molar-refractivity contribution in [1.29, 1.82) is 0 Å². The van der Waals surface area contributed by atoms with E-state index < -0.39 is 0 Å². The van der Waals surface area contributed by atoms with Gasteiger partial charge in [-0.3, -0.25) is 19.4 Å². The summed E-state index contributed by atoms with van der Waals surface area (Å²) in [5, 5.41) is 11.3. The highest BCUT2D eigenvalue weighted by Crippen LogP contribution is 2.11. The molecule has 0 atom stereocenters. The van der Waals surface area contributed by atoms with Crippen LogP contribution in [-0.4, -0.2) is 55.4 Å². The van der Waals surface area contributed by atoms with Crippen LogP contribution in [0.25, 0.3) is 11.0 Å². The molecule has 30 heavy (non-hydrogen) atoms. The van der Waals surface area contributed by atoms with Gasteiger partial charge in [0, 0.05) is 32.4 Å². The van der Waals surface area contributed by atoms with Crippen LogP contribution in [0.5, 0.6) is 0 Å². The van der Waals surface area contributed by atoms with Crippen LogP contribution in [0, 0.1) is 6.92 Å². The first-order chi connectivity index (χ1) is 14.6. The highest BCUT2D eigenvalue weighted by molar-refractivity contribution is 5.93. The van der Waals surface area contributed by atoms with Gasteiger partial charge in [-0.25, -0.2) is 4.98 Å². The van der Waals surface area contributed by atoms with Gasteiger partial charge in [0.15, 0.2) is 0 Å². The van der Waals surface area contributed by atoms with Crippen LogP contribution in [-0.2, 0) is 13.1 Å². The largest absolute Gasteiger partial charge is 0.349 e. The van der Waals surface area contributed by atoms with Crippen molar-refractivity contribution in [3.05, 3.63) is 47.5 Å². The first-order valence-electron chi connectivity index (χ1n) is 10.7. The van der Waals surface area contributed by atoms with Crippen LogP contribution < -0.4 is 5.32 Å². The maximum Gasteiger partial charge on any atom is 0.271 e. The molecule has 0 bridgehead atoms. The second-order valence-electron chi connectivity index (χ2n) is 6.85. The van der Waals surface area contributed by atoms with Gasteiger partial charge in [-0.1, -0.05) is 39.0 Å². The third kappa shape index (κ3) is 6.59. The van der Waals surface area contributed by atoms with Crippen molar-refractivity contribution < 1.29 is 4.79 Å². The molecule has 0 saturated carbocycles. The molecule has 2 heterocycles. The molecular formula is C22H33N7O. The number of hydrogen-bond acceptors (Lipinski definition) is 6. The predicted molar refractivity (Wildman–Crippen MR) is 119 cm³/mol. The van der Waals surface area contributed by atoms with Gasteiger partial charge in [0.05, 0.1) is 22.9 Å². The third-order valence-corrected chi connectivity index (χ3v) is 4.52. The SMILES string of the molecule is CC.CCCn1cc(CN(CC)CCNC(=O)c2cnc3cc(C)ccc3n2)nn1. The molecule has 0 spiro atoms. The smallest absolute Gasteiger partial charge is 0.271 e. The summed E-state index contributed by atoms with van der Waals surface area (Å²) in [6.45, 7) is 13.9. The van der Waals surface area contributed by atoms with Crippen LogP contribution in [0.1, 0.15) is 55.9 Å². The van der Waals surface area contributed by atoms with Crippen molar-refractivity contribution in [2.24, 2.45) is 0 Å². The summed E-state index contributed by atoms with van der Waals surface area (Å²) in [6, 6.07) is 5.81. The monoisotopic (exact) mass is 411 g/mol. The number of likely N-dealkylation sites (N-methyl/N-ethyl adjacent to an activating group) is 1. The van der Waals surface area contributed by atoms with E-state index in [1.165, 1.54) is 6.20 Å². The van der Waals surface area contributed by atoms with Crippen molar-refractivity contribution in [3.8, 4) is 0 Å². The van der Waals surface area contributed by atoms with E-state index in [9.17, 15) is 4.79 Å². The summed E-state index contributed by atoms with van der Waals surface area (Å²) in [4.78, 5) is 23.4. The normalized spacial score (nSPS) is 10.7. The molecule has 0 radical (unpaired) electrons. The Hall–Kier alpha value is -2.87. The summed E-state index contributed by atoms with van der Waals surface area (Å²) in [5.74, 6) is -0.208. The van der Waals surface area contributed by atoms with Crippen LogP contribution >= 0.6 is 0 Å². The quantitative estimate of drug-likeness (QED) is 0.582. The van der Waals surface area contributed by atoms with Crippen molar-refractivity contribution in [3.63, 3.8) is 0 Å². The van der Waals surface area contributed by atoms with Gasteiger partial charge < -0.3 is 5.32 Å². The van der Waals surface area contributed by atoms with Crippen molar-refractivity contribution in [2.75, 3.05) is 19.6 Å². The molecule has 1 N–H and O–H groups in total. The molecule has 0 saturated heterocycles. The molecular weight excluding hydrogens is 378 g/mol. The predicted octanol–water partition coefficient (Wildman–Crippen LogP) is 3.22. The standard InChI is InChI=1S/C20H27N7O.C2H6/c1-4-9-27-14-16(24-25-27)13-26(5-2)10-8-21-20(28)19-12-22-18-11-15(3)6-7-17(18)23-19;1-2/h6-7,11-12,14H,4-5,8-10,13H2,1-3H3,(H,21,28);1-2H3. The number of aryl methyl sites for hydroxylation is 2. The molecule has 0 fully saturated rings. The Labute approximate surface area is 178 Å². The van der Waals surface area contributed by atoms with E-state index in [2.05, 4.69) is 44.3 Å². The van der Waals surface area contributed by atoms with Crippen LogP contribution in [0.4, 0.5) is 0 Å². The lowest BCUT2D eigenvalue weighted by atomic mass is 10.2. The zero-order valence-corrected chi connectivity index (χ0v) is 18.7. The van der Waals surface area contributed by atoms with E-state index in [0.29, 0.717) is 18.8 Å². The first-order valence-corrected chi connectivity index (χ1v) is 10.7. The summed E-state index contributed by atoms with van der Waals surface area (Å²) in [6.07, 6.45) is 4.54. The number of rotatable bonds is 9. The summed E-state index contributed by atoms with van der Waals surface area (Å²) in [5.41, 5.74) is 3.92. The second kappa shape index (κ2) is 12.0. The lowest BCUT2D eigenvalue weighted by molar-refractivity contribution is 0.0943. The molecule has 162 valence electrons. The van der Waals surface area contributed by atoms with Gasteiger partial charge in [-0.15, -0.1) is 5.10 Å². The molecule has 2 aromatic heterocycles. The summed E-state index contributed by atoms with van der Waals surface area (Å²) < 4.78 is 1.87. The fraction of sp³-hybridized carbons (Fsp3) is 0.500. The number of carbonyl (C=O) groups excluding carboxylic acids is 1. The Morgan fingerprint density at radius 1 is 1.20 bits per heavy atom. The Kier molecular flexibility index (Phi) is 9.34. The topological polar surface area (TPSA) is 88.8 Å². The van der Waals surface area contributed by atoms with Crippen molar-refractivity contribution >= 4 is 16.9 Å². The minimum absolute atomic E-state index is 0.208. The van der Waals surface area contributed by atoms with Crippen LogP contribution in [0.2, 0.25) is 0 Å². The summed E-state index contributed by atoms with van der Waals surface area (Å²) >= 11 is 0. The van der Waals surface area contributed by atoms with E-state index in [0.717, 1.165) is 48.3 Å².